The van der Waals surface area contributed by atoms with Crippen molar-refractivity contribution < 1.29 is 21.1 Å². The van der Waals surface area contributed by atoms with E-state index in [1.807, 2.05) is 0 Å². The van der Waals surface area contributed by atoms with E-state index in [0.29, 0.717) is 0 Å². The van der Waals surface area contributed by atoms with Crippen LogP contribution in [0.15, 0.2) is 0 Å². The minimum Gasteiger partial charge on any atom is -0.358 e. The maximum atomic E-state index is 2.08. The van der Waals surface area contributed by atoms with Crippen molar-refractivity contribution >= 4 is 0 Å². The summed E-state index contributed by atoms with van der Waals surface area (Å²) in [5.74, 6) is 1.42. The smallest absolute Gasteiger partial charge is 0.358 e. The van der Waals surface area contributed by atoms with Crippen molar-refractivity contribution in [3.8, 4) is 0 Å². The van der Waals surface area contributed by atoms with Gasteiger partial charge in [-0.05, 0) is 0 Å². The Morgan fingerprint density at radius 3 is 0.750 bits per heavy atom. The minimum atomic E-state index is 0. The van der Waals surface area contributed by atoms with E-state index in [1.54, 1.807) is 0 Å². The summed E-state index contributed by atoms with van der Waals surface area (Å²) in [6, 6.07) is 0. The Hall–Kier alpha value is 0.688. The SMILES string of the molecule is C[C-](C)C.[CH3-].[CH3-].[CH3-].[Pt+4]. The first kappa shape index (κ1) is 37.8. The van der Waals surface area contributed by atoms with Crippen molar-refractivity contribution in [2.24, 2.45) is 0 Å². The molecule has 0 aliphatic heterocycles. The van der Waals surface area contributed by atoms with Gasteiger partial charge < -0.3 is 28.2 Å². The van der Waals surface area contributed by atoms with E-state index in [1.165, 1.54) is 5.92 Å². The first-order chi connectivity index (χ1) is 1.73. The number of hydrogen-bond acceptors (Lipinski definition) is 0. The molecule has 0 atom stereocenters. The van der Waals surface area contributed by atoms with E-state index in [2.05, 4.69) is 20.8 Å². The maximum Gasteiger partial charge on any atom is 4.00 e. The Labute approximate surface area is 70.3 Å². The average molecular weight is 297 g/mol. The summed E-state index contributed by atoms with van der Waals surface area (Å²) in [4.78, 5) is 0. The van der Waals surface area contributed by atoms with E-state index in [0.717, 1.165) is 0 Å². The molecule has 0 bridgehead atoms. The van der Waals surface area contributed by atoms with E-state index >= 15 is 0 Å². The summed E-state index contributed by atoms with van der Waals surface area (Å²) >= 11 is 0. The maximum absolute atomic E-state index is 2.08. The van der Waals surface area contributed by atoms with E-state index in [9.17, 15) is 0 Å². The third kappa shape index (κ3) is 457. The molecular formula is C7H18Pt. The second-order valence-electron chi connectivity index (χ2n) is 1.50. The van der Waals surface area contributed by atoms with Crippen LogP contribution in [0.5, 0.6) is 0 Å². The van der Waals surface area contributed by atoms with Crippen LogP contribution in [-0.2, 0) is 21.1 Å². The predicted octanol–water partition coefficient (Wildman–Crippen LogP) is 2.97. The van der Waals surface area contributed by atoms with Crippen molar-refractivity contribution in [1.82, 2.24) is 0 Å². The third-order valence-electron chi connectivity index (χ3n) is 0. The Kier molecular flexibility index (Phi) is 119. The Balaban J connectivity index is -0.00000000750. The van der Waals surface area contributed by atoms with Crippen LogP contribution in [0.4, 0.5) is 0 Å². The standard InChI is InChI=1S/C4H9.3CH3.Pt/c1-4(2)3;;;;/h1-3H3;3*1H3;/q4*-1;+4. The van der Waals surface area contributed by atoms with Crippen LogP contribution >= 0.6 is 0 Å². The van der Waals surface area contributed by atoms with Crippen LogP contribution in [0, 0.1) is 28.2 Å². The van der Waals surface area contributed by atoms with Crippen LogP contribution in [0.25, 0.3) is 0 Å². The van der Waals surface area contributed by atoms with Crippen LogP contribution in [0.3, 0.4) is 0 Å². The molecule has 0 nitrogen and oxygen atoms in total. The molecule has 0 saturated heterocycles. The van der Waals surface area contributed by atoms with Crippen LogP contribution in [0.2, 0.25) is 0 Å². The number of rotatable bonds is 0. The molecule has 0 aromatic rings. The summed E-state index contributed by atoms with van der Waals surface area (Å²) in [7, 11) is 0. The fourth-order valence-electron chi connectivity index (χ4n) is 0. The summed E-state index contributed by atoms with van der Waals surface area (Å²) < 4.78 is 0. The third-order valence-corrected chi connectivity index (χ3v) is 0. The molecule has 0 saturated carbocycles. The largest absolute Gasteiger partial charge is 4.00 e. The van der Waals surface area contributed by atoms with Crippen molar-refractivity contribution in [3.63, 3.8) is 0 Å². The van der Waals surface area contributed by atoms with Gasteiger partial charge in [0.25, 0.3) is 0 Å². The molecule has 0 aromatic carbocycles. The Morgan fingerprint density at radius 2 is 0.750 bits per heavy atom. The monoisotopic (exact) mass is 297 g/mol. The fourth-order valence-corrected chi connectivity index (χ4v) is 0. The molecule has 0 rings (SSSR count). The van der Waals surface area contributed by atoms with Gasteiger partial charge in [-0.2, -0.15) is 20.8 Å². The number of hydrogen-bond donors (Lipinski definition) is 0. The van der Waals surface area contributed by atoms with Crippen molar-refractivity contribution in [2.45, 2.75) is 20.8 Å². The molecule has 0 N–H and O–H groups in total. The van der Waals surface area contributed by atoms with Gasteiger partial charge in [0.15, 0.2) is 0 Å². The van der Waals surface area contributed by atoms with E-state index in [-0.39, 0.29) is 43.3 Å². The molecule has 1 heteroatoms. The van der Waals surface area contributed by atoms with Gasteiger partial charge in [0.2, 0.25) is 0 Å². The zero-order chi connectivity index (χ0) is 3.58. The summed E-state index contributed by atoms with van der Waals surface area (Å²) in [6.07, 6.45) is 0. The summed E-state index contributed by atoms with van der Waals surface area (Å²) in [5.41, 5.74) is 0. The molecule has 0 radical (unpaired) electrons. The van der Waals surface area contributed by atoms with Gasteiger partial charge in [-0.25, -0.2) is 0 Å². The molecule has 0 fully saturated rings. The van der Waals surface area contributed by atoms with Gasteiger partial charge >= 0.3 is 21.1 Å². The predicted molar refractivity (Wildman–Crippen MR) is 39.5 cm³/mol. The quantitative estimate of drug-likeness (QED) is 0.603. The fraction of sp³-hybridized carbons (Fsp3) is 0.429. The van der Waals surface area contributed by atoms with Gasteiger partial charge in [-0.3, -0.25) is 0 Å². The first-order valence-electron chi connectivity index (χ1n) is 1.50. The summed E-state index contributed by atoms with van der Waals surface area (Å²) in [6.45, 7) is 6.25. The molecule has 56 valence electrons. The van der Waals surface area contributed by atoms with E-state index in [4.69, 9.17) is 0 Å². The first-order valence-corrected chi connectivity index (χ1v) is 1.50. The molecule has 0 aliphatic carbocycles. The molecule has 0 aliphatic rings. The molecule has 8 heavy (non-hydrogen) atoms. The van der Waals surface area contributed by atoms with Crippen molar-refractivity contribution in [1.29, 1.82) is 0 Å². The van der Waals surface area contributed by atoms with E-state index < -0.39 is 0 Å². The molecule has 0 spiro atoms. The average Bonchev–Trinajstić information content (AvgIpc) is 0.811. The van der Waals surface area contributed by atoms with Crippen molar-refractivity contribution in [2.75, 3.05) is 0 Å². The molecule has 0 unspecified atom stereocenters. The van der Waals surface area contributed by atoms with Gasteiger partial charge in [0, 0.05) is 0 Å². The molecule has 0 amide bonds. The van der Waals surface area contributed by atoms with Crippen LogP contribution < -0.4 is 0 Å². The van der Waals surface area contributed by atoms with Crippen molar-refractivity contribution in [3.05, 3.63) is 28.2 Å². The van der Waals surface area contributed by atoms with Gasteiger partial charge in [-0.1, -0.05) is 0 Å². The molecule has 0 heterocycles. The minimum absolute atomic E-state index is 0. The topological polar surface area (TPSA) is 0 Å². The Bertz CT molecular complexity index is 9.10. The molecule has 0 aromatic heterocycles. The molecular weight excluding hydrogens is 279 g/mol. The zero-order valence-electron chi connectivity index (χ0n) is 6.82. The van der Waals surface area contributed by atoms with Crippen LogP contribution in [-0.4, -0.2) is 0 Å². The second kappa shape index (κ2) is 25.3. The zero-order valence-corrected chi connectivity index (χ0v) is 9.09. The summed E-state index contributed by atoms with van der Waals surface area (Å²) in [5, 5.41) is 0. The van der Waals surface area contributed by atoms with Crippen LogP contribution in [0.1, 0.15) is 20.8 Å². The van der Waals surface area contributed by atoms with Gasteiger partial charge in [-0.15, -0.1) is 0 Å². The normalized spacial score (nSPS) is 4.50. The van der Waals surface area contributed by atoms with Gasteiger partial charge in [0.1, 0.15) is 0 Å². The second-order valence-corrected chi connectivity index (χ2v) is 1.50. The Morgan fingerprint density at radius 1 is 0.750 bits per heavy atom. The van der Waals surface area contributed by atoms with Gasteiger partial charge in [0.05, 0.1) is 0 Å².